The molecular weight excluding hydrogens is 310 g/mol. The molecule has 118 valence electrons. The minimum atomic E-state index is -3.65. The molecular formula is C14H21NO4S2. The van der Waals surface area contributed by atoms with Gasteiger partial charge < -0.3 is 0 Å². The van der Waals surface area contributed by atoms with E-state index in [4.69, 9.17) is 0 Å². The highest BCUT2D eigenvalue weighted by atomic mass is 32.2. The first-order valence-corrected chi connectivity index (χ1v) is 10.2. The SMILES string of the molecule is CC(C)c1ccc(S(=O)(=O)N(C)[C@@H]2CCS(=O)(=O)C2)cc1. The van der Waals surface area contributed by atoms with Crippen LogP contribution in [0.15, 0.2) is 29.2 Å². The van der Waals surface area contributed by atoms with Gasteiger partial charge in [-0.1, -0.05) is 26.0 Å². The molecule has 1 aromatic carbocycles. The Morgan fingerprint density at radius 3 is 2.19 bits per heavy atom. The zero-order chi connectivity index (χ0) is 15.8. The van der Waals surface area contributed by atoms with E-state index in [2.05, 4.69) is 0 Å². The Morgan fingerprint density at radius 1 is 1.19 bits per heavy atom. The molecule has 0 saturated carbocycles. The molecule has 21 heavy (non-hydrogen) atoms. The van der Waals surface area contributed by atoms with Crippen molar-refractivity contribution in [1.29, 1.82) is 0 Å². The van der Waals surface area contributed by atoms with Crippen molar-refractivity contribution in [2.24, 2.45) is 0 Å². The second-order valence-electron chi connectivity index (χ2n) is 5.80. The van der Waals surface area contributed by atoms with Crippen molar-refractivity contribution in [2.45, 2.75) is 37.1 Å². The van der Waals surface area contributed by atoms with E-state index in [0.29, 0.717) is 12.3 Å². The Kier molecular flexibility index (Phi) is 4.46. The van der Waals surface area contributed by atoms with Gasteiger partial charge in [0.1, 0.15) is 0 Å². The van der Waals surface area contributed by atoms with E-state index in [-0.39, 0.29) is 16.4 Å². The zero-order valence-corrected chi connectivity index (χ0v) is 14.1. The van der Waals surface area contributed by atoms with Gasteiger partial charge in [-0.05, 0) is 30.0 Å². The van der Waals surface area contributed by atoms with E-state index in [9.17, 15) is 16.8 Å². The Labute approximate surface area is 126 Å². The summed E-state index contributed by atoms with van der Waals surface area (Å²) in [6.07, 6.45) is 0.363. The van der Waals surface area contributed by atoms with Crippen LogP contribution in [-0.2, 0) is 19.9 Å². The molecule has 1 fully saturated rings. The van der Waals surface area contributed by atoms with Crippen molar-refractivity contribution in [3.63, 3.8) is 0 Å². The van der Waals surface area contributed by atoms with E-state index in [1.807, 2.05) is 13.8 Å². The lowest BCUT2D eigenvalue weighted by Crippen LogP contribution is -2.37. The van der Waals surface area contributed by atoms with Gasteiger partial charge in [0.05, 0.1) is 16.4 Å². The van der Waals surface area contributed by atoms with Gasteiger partial charge in [-0.25, -0.2) is 16.8 Å². The van der Waals surface area contributed by atoms with Crippen molar-refractivity contribution >= 4 is 19.9 Å². The predicted octanol–water partition coefficient (Wildman–Crippen LogP) is 1.62. The molecule has 0 amide bonds. The fourth-order valence-corrected chi connectivity index (χ4v) is 5.70. The van der Waals surface area contributed by atoms with Crippen LogP contribution in [0.3, 0.4) is 0 Å². The summed E-state index contributed by atoms with van der Waals surface area (Å²) in [5, 5.41) is 0. The number of hydrogen-bond acceptors (Lipinski definition) is 4. The lowest BCUT2D eigenvalue weighted by atomic mass is 10.0. The highest BCUT2D eigenvalue weighted by molar-refractivity contribution is 7.92. The van der Waals surface area contributed by atoms with Gasteiger partial charge in [0.25, 0.3) is 0 Å². The number of hydrogen-bond donors (Lipinski definition) is 0. The monoisotopic (exact) mass is 331 g/mol. The average molecular weight is 331 g/mol. The quantitative estimate of drug-likeness (QED) is 0.840. The summed E-state index contributed by atoms with van der Waals surface area (Å²) in [4.78, 5) is 0.207. The molecule has 1 aliphatic rings. The summed E-state index contributed by atoms with van der Waals surface area (Å²) in [7, 11) is -5.30. The van der Waals surface area contributed by atoms with E-state index >= 15 is 0 Å². The highest BCUT2D eigenvalue weighted by Crippen LogP contribution is 2.24. The Bertz CT molecular complexity index is 706. The molecule has 5 nitrogen and oxygen atoms in total. The molecule has 1 aromatic rings. The van der Waals surface area contributed by atoms with Crippen LogP contribution in [0.25, 0.3) is 0 Å². The summed E-state index contributed by atoms with van der Waals surface area (Å²) in [6.45, 7) is 4.08. The van der Waals surface area contributed by atoms with Crippen LogP contribution in [0.5, 0.6) is 0 Å². The van der Waals surface area contributed by atoms with Gasteiger partial charge >= 0.3 is 0 Å². The van der Waals surface area contributed by atoms with Gasteiger partial charge in [0, 0.05) is 13.1 Å². The smallest absolute Gasteiger partial charge is 0.229 e. The van der Waals surface area contributed by atoms with Gasteiger partial charge in [0.2, 0.25) is 10.0 Å². The molecule has 2 rings (SSSR count). The molecule has 0 N–H and O–H groups in total. The third-order valence-electron chi connectivity index (χ3n) is 3.95. The maximum absolute atomic E-state index is 12.5. The first kappa shape index (κ1) is 16.5. The molecule has 1 atom stereocenters. The fourth-order valence-electron chi connectivity index (χ4n) is 2.45. The van der Waals surface area contributed by atoms with Gasteiger partial charge in [-0.3, -0.25) is 0 Å². The summed E-state index contributed by atoms with van der Waals surface area (Å²) in [6, 6.07) is 6.31. The number of sulfone groups is 1. The molecule has 0 spiro atoms. The summed E-state index contributed by atoms with van der Waals surface area (Å²) >= 11 is 0. The Balaban J connectivity index is 2.25. The minimum absolute atomic E-state index is 0.0593. The van der Waals surface area contributed by atoms with Crippen LogP contribution in [0.1, 0.15) is 31.7 Å². The molecule has 0 bridgehead atoms. The lowest BCUT2D eigenvalue weighted by molar-refractivity contribution is 0.394. The topological polar surface area (TPSA) is 71.5 Å². The van der Waals surface area contributed by atoms with Crippen LogP contribution in [-0.4, -0.2) is 45.7 Å². The van der Waals surface area contributed by atoms with Crippen molar-refractivity contribution in [2.75, 3.05) is 18.6 Å². The maximum atomic E-state index is 12.5. The van der Waals surface area contributed by atoms with Crippen molar-refractivity contribution in [3.8, 4) is 0 Å². The van der Waals surface area contributed by atoms with Crippen LogP contribution in [0, 0.1) is 0 Å². The normalized spacial score (nSPS) is 22.0. The molecule has 7 heteroatoms. The largest absolute Gasteiger partial charge is 0.243 e. The predicted molar refractivity (Wildman–Crippen MR) is 82.5 cm³/mol. The zero-order valence-electron chi connectivity index (χ0n) is 12.5. The maximum Gasteiger partial charge on any atom is 0.243 e. The van der Waals surface area contributed by atoms with E-state index in [1.165, 1.54) is 11.4 Å². The molecule has 1 saturated heterocycles. The highest BCUT2D eigenvalue weighted by Gasteiger charge is 2.36. The standard InChI is InChI=1S/C14H21NO4S2/c1-11(2)12-4-6-14(7-5-12)21(18,19)15(3)13-8-9-20(16,17)10-13/h4-7,11,13H,8-10H2,1-3H3/t13-/m1/s1. The number of benzene rings is 1. The number of rotatable bonds is 4. The summed E-state index contributed by atoms with van der Waals surface area (Å²) < 4.78 is 49.3. The van der Waals surface area contributed by atoms with Gasteiger partial charge in [-0.15, -0.1) is 0 Å². The van der Waals surface area contributed by atoms with Crippen molar-refractivity contribution in [1.82, 2.24) is 4.31 Å². The van der Waals surface area contributed by atoms with Gasteiger partial charge in [-0.2, -0.15) is 4.31 Å². The third kappa shape index (κ3) is 3.46. The molecule has 0 aliphatic carbocycles. The van der Waals surface area contributed by atoms with E-state index < -0.39 is 25.9 Å². The first-order valence-electron chi connectivity index (χ1n) is 6.92. The van der Waals surface area contributed by atoms with E-state index in [0.717, 1.165) is 5.56 Å². The van der Waals surface area contributed by atoms with Crippen LogP contribution < -0.4 is 0 Å². The molecule has 1 aliphatic heterocycles. The second kappa shape index (κ2) is 5.70. The summed E-state index contributed by atoms with van der Waals surface area (Å²) in [5.41, 5.74) is 1.07. The minimum Gasteiger partial charge on any atom is -0.229 e. The lowest BCUT2D eigenvalue weighted by Gasteiger charge is -2.23. The van der Waals surface area contributed by atoms with Crippen LogP contribution in [0.2, 0.25) is 0 Å². The third-order valence-corrected chi connectivity index (χ3v) is 7.62. The van der Waals surface area contributed by atoms with Crippen molar-refractivity contribution < 1.29 is 16.8 Å². The van der Waals surface area contributed by atoms with Crippen LogP contribution >= 0.6 is 0 Å². The molecule has 0 radical (unpaired) electrons. The number of sulfonamides is 1. The number of nitrogens with zero attached hydrogens (tertiary/aromatic N) is 1. The fraction of sp³-hybridized carbons (Fsp3) is 0.571. The van der Waals surface area contributed by atoms with Crippen LogP contribution in [0.4, 0.5) is 0 Å². The average Bonchev–Trinajstić information content (AvgIpc) is 2.78. The first-order chi connectivity index (χ1) is 9.63. The second-order valence-corrected chi connectivity index (χ2v) is 10.0. The van der Waals surface area contributed by atoms with Crippen molar-refractivity contribution in [3.05, 3.63) is 29.8 Å². The summed E-state index contributed by atoms with van der Waals surface area (Å²) in [5.74, 6) is 0.302. The molecule has 1 heterocycles. The molecule has 0 aromatic heterocycles. The van der Waals surface area contributed by atoms with E-state index in [1.54, 1.807) is 24.3 Å². The molecule has 0 unspecified atom stereocenters. The Hall–Kier alpha value is -0.920. The Morgan fingerprint density at radius 2 is 1.76 bits per heavy atom. The van der Waals surface area contributed by atoms with Gasteiger partial charge in [0.15, 0.2) is 9.84 Å².